The number of ether oxygens (including phenoxy) is 1. The van der Waals surface area contributed by atoms with Gasteiger partial charge < -0.3 is 19.4 Å². The van der Waals surface area contributed by atoms with Crippen molar-refractivity contribution in [2.45, 2.75) is 13.5 Å². The van der Waals surface area contributed by atoms with E-state index in [1.165, 1.54) is 12.4 Å². The summed E-state index contributed by atoms with van der Waals surface area (Å²) in [4.78, 5) is 7.98. The molecule has 2 N–H and O–H groups in total. The number of pyridine rings is 1. The van der Waals surface area contributed by atoms with Gasteiger partial charge in [-0.05, 0) is 13.0 Å². The maximum Gasteiger partial charge on any atom is 0.490 e. The minimum absolute atomic E-state index is 0.311. The SMILES string of the molecule is Cc1nccn1CCOc1cncc(B(O)O)c1. The highest BCUT2D eigenvalue weighted by Crippen LogP contribution is 2.06. The van der Waals surface area contributed by atoms with Crippen molar-refractivity contribution in [3.63, 3.8) is 0 Å². The van der Waals surface area contributed by atoms with E-state index in [1.807, 2.05) is 17.7 Å². The summed E-state index contributed by atoms with van der Waals surface area (Å²) in [6.45, 7) is 3.06. The lowest BCUT2D eigenvalue weighted by atomic mass is 9.82. The monoisotopic (exact) mass is 247 g/mol. The zero-order valence-corrected chi connectivity index (χ0v) is 10.0. The van der Waals surface area contributed by atoms with Crippen LogP contribution in [0.2, 0.25) is 0 Å². The molecular formula is C11H14BN3O3. The molecule has 2 rings (SSSR count). The van der Waals surface area contributed by atoms with Gasteiger partial charge in [-0.1, -0.05) is 0 Å². The molecule has 0 unspecified atom stereocenters. The van der Waals surface area contributed by atoms with E-state index in [0.717, 1.165) is 5.82 Å². The summed E-state index contributed by atoms with van der Waals surface area (Å²) in [6, 6.07) is 1.55. The van der Waals surface area contributed by atoms with Crippen LogP contribution in [-0.2, 0) is 6.54 Å². The number of hydrogen-bond donors (Lipinski definition) is 2. The van der Waals surface area contributed by atoms with Gasteiger partial charge >= 0.3 is 7.12 Å². The first kappa shape index (κ1) is 12.6. The summed E-state index contributed by atoms with van der Waals surface area (Å²) < 4.78 is 7.46. The van der Waals surface area contributed by atoms with Crippen molar-refractivity contribution in [1.82, 2.24) is 14.5 Å². The number of aryl methyl sites for hydroxylation is 1. The molecule has 2 heterocycles. The second-order valence-electron chi connectivity index (χ2n) is 3.84. The third-order valence-electron chi connectivity index (χ3n) is 2.56. The quantitative estimate of drug-likeness (QED) is 0.686. The molecule has 0 aliphatic rings. The number of rotatable bonds is 5. The minimum Gasteiger partial charge on any atom is -0.490 e. The van der Waals surface area contributed by atoms with Crippen LogP contribution in [0, 0.1) is 6.92 Å². The number of aromatic nitrogens is 3. The van der Waals surface area contributed by atoms with E-state index in [9.17, 15) is 0 Å². The predicted octanol–water partition coefficient (Wildman–Crippen LogP) is -0.655. The van der Waals surface area contributed by atoms with Crippen molar-refractivity contribution >= 4 is 12.6 Å². The molecule has 0 radical (unpaired) electrons. The molecule has 0 amide bonds. The van der Waals surface area contributed by atoms with Gasteiger partial charge in [-0.2, -0.15) is 0 Å². The molecule has 2 aromatic rings. The first-order valence-corrected chi connectivity index (χ1v) is 5.58. The molecule has 0 saturated carbocycles. The lowest BCUT2D eigenvalue weighted by molar-refractivity contribution is 0.296. The summed E-state index contributed by atoms with van der Waals surface area (Å²) >= 11 is 0. The highest BCUT2D eigenvalue weighted by Gasteiger charge is 2.11. The number of imidazole rings is 1. The van der Waals surface area contributed by atoms with E-state index < -0.39 is 7.12 Å². The molecule has 0 aliphatic carbocycles. The Bertz CT molecular complexity index is 516. The van der Waals surface area contributed by atoms with Gasteiger partial charge in [0.2, 0.25) is 0 Å². The first-order chi connectivity index (χ1) is 8.66. The molecule has 0 aromatic carbocycles. The Morgan fingerprint density at radius 1 is 1.39 bits per heavy atom. The van der Waals surface area contributed by atoms with E-state index in [-0.39, 0.29) is 0 Å². The summed E-state index contributed by atoms with van der Waals surface area (Å²) in [5, 5.41) is 18.0. The fraction of sp³-hybridized carbons (Fsp3) is 0.273. The maximum absolute atomic E-state index is 9.01. The molecule has 0 spiro atoms. The fourth-order valence-corrected chi connectivity index (χ4v) is 1.56. The Morgan fingerprint density at radius 2 is 2.22 bits per heavy atom. The second-order valence-corrected chi connectivity index (χ2v) is 3.84. The Labute approximate surface area is 105 Å². The van der Waals surface area contributed by atoms with Crippen molar-refractivity contribution in [3.8, 4) is 5.75 Å². The normalized spacial score (nSPS) is 10.4. The van der Waals surface area contributed by atoms with E-state index in [0.29, 0.717) is 24.4 Å². The highest BCUT2D eigenvalue weighted by molar-refractivity contribution is 6.58. The minimum atomic E-state index is -1.53. The van der Waals surface area contributed by atoms with Crippen molar-refractivity contribution in [2.75, 3.05) is 6.61 Å². The third-order valence-corrected chi connectivity index (χ3v) is 2.56. The average Bonchev–Trinajstić information content (AvgIpc) is 2.76. The molecule has 18 heavy (non-hydrogen) atoms. The van der Waals surface area contributed by atoms with Crippen LogP contribution in [0.15, 0.2) is 30.9 Å². The van der Waals surface area contributed by atoms with Gasteiger partial charge in [-0.15, -0.1) is 0 Å². The summed E-state index contributed by atoms with van der Waals surface area (Å²) in [5.41, 5.74) is 0.311. The van der Waals surface area contributed by atoms with Gasteiger partial charge in [0.15, 0.2) is 0 Å². The largest absolute Gasteiger partial charge is 0.490 e. The summed E-state index contributed by atoms with van der Waals surface area (Å²) in [5.74, 6) is 1.44. The average molecular weight is 247 g/mol. The van der Waals surface area contributed by atoms with Crippen LogP contribution in [0.4, 0.5) is 0 Å². The standard InChI is InChI=1S/C11H14BN3O3/c1-9-14-2-3-15(9)4-5-18-11-6-10(12(16)17)7-13-8-11/h2-3,6-8,16-17H,4-5H2,1H3. The van der Waals surface area contributed by atoms with E-state index in [4.69, 9.17) is 14.8 Å². The molecule has 0 aliphatic heterocycles. The van der Waals surface area contributed by atoms with Gasteiger partial charge in [0.25, 0.3) is 0 Å². The van der Waals surface area contributed by atoms with Crippen molar-refractivity contribution in [3.05, 3.63) is 36.7 Å². The van der Waals surface area contributed by atoms with E-state index >= 15 is 0 Å². The fourth-order valence-electron chi connectivity index (χ4n) is 1.56. The van der Waals surface area contributed by atoms with E-state index in [2.05, 4.69) is 9.97 Å². The van der Waals surface area contributed by atoms with Gasteiger partial charge in [0.05, 0.1) is 12.7 Å². The third kappa shape index (κ3) is 3.09. The van der Waals surface area contributed by atoms with Crippen molar-refractivity contribution in [1.29, 1.82) is 0 Å². The zero-order valence-electron chi connectivity index (χ0n) is 10.0. The van der Waals surface area contributed by atoms with Crippen LogP contribution in [0.25, 0.3) is 0 Å². The topological polar surface area (TPSA) is 80.4 Å². The Morgan fingerprint density at radius 3 is 2.89 bits per heavy atom. The molecule has 0 atom stereocenters. The summed E-state index contributed by atoms with van der Waals surface area (Å²) in [7, 11) is -1.53. The van der Waals surface area contributed by atoms with Crippen LogP contribution < -0.4 is 10.2 Å². The molecule has 7 heteroatoms. The molecule has 94 valence electrons. The number of nitrogens with zero attached hydrogens (tertiary/aromatic N) is 3. The second kappa shape index (κ2) is 5.66. The molecule has 6 nitrogen and oxygen atoms in total. The smallest absolute Gasteiger partial charge is 0.490 e. The molecule has 0 fully saturated rings. The Balaban J connectivity index is 1.90. The van der Waals surface area contributed by atoms with Gasteiger partial charge in [0.1, 0.15) is 18.2 Å². The van der Waals surface area contributed by atoms with Crippen LogP contribution in [-0.4, -0.2) is 38.3 Å². The Kier molecular flexibility index (Phi) is 3.96. The lowest BCUT2D eigenvalue weighted by Crippen LogP contribution is -2.30. The Hall–Kier alpha value is -1.86. The van der Waals surface area contributed by atoms with Crippen molar-refractivity contribution < 1.29 is 14.8 Å². The maximum atomic E-state index is 9.01. The molecule has 0 bridgehead atoms. The first-order valence-electron chi connectivity index (χ1n) is 5.58. The van der Waals surface area contributed by atoms with Crippen LogP contribution >= 0.6 is 0 Å². The van der Waals surface area contributed by atoms with Crippen LogP contribution in [0.1, 0.15) is 5.82 Å². The van der Waals surface area contributed by atoms with Crippen LogP contribution in [0.5, 0.6) is 5.75 Å². The predicted molar refractivity (Wildman–Crippen MR) is 66.5 cm³/mol. The van der Waals surface area contributed by atoms with Gasteiger partial charge in [-0.3, -0.25) is 4.98 Å². The number of hydrogen-bond acceptors (Lipinski definition) is 5. The van der Waals surface area contributed by atoms with Crippen molar-refractivity contribution in [2.24, 2.45) is 0 Å². The lowest BCUT2D eigenvalue weighted by Gasteiger charge is -2.08. The molecule has 2 aromatic heterocycles. The van der Waals surface area contributed by atoms with E-state index in [1.54, 1.807) is 12.3 Å². The molecular weight excluding hydrogens is 233 g/mol. The van der Waals surface area contributed by atoms with Gasteiger partial charge in [0, 0.05) is 24.1 Å². The molecule has 0 saturated heterocycles. The van der Waals surface area contributed by atoms with Crippen LogP contribution in [0.3, 0.4) is 0 Å². The van der Waals surface area contributed by atoms with Gasteiger partial charge in [-0.25, -0.2) is 4.98 Å². The zero-order chi connectivity index (χ0) is 13.0. The highest BCUT2D eigenvalue weighted by atomic mass is 16.5. The summed E-state index contributed by atoms with van der Waals surface area (Å²) in [6.07, 6.45) is 6.54.